The number of rotatable bonds is 2. The first-order chi connectivity index (χ1) is 9.52. The molecule has 0 bridgehead atoms. The van der Waals surface area contributed by atoms with Crippen LogP contribution in [0.4, 0.5) is 5.69 Å². The SMILES string of the molecule is CC(C)(C)c1ccccc1C(=Nc1ccccc1)NN. The fourth-order valence-corrected chi connectivity index (χ4v) is 2.15. The second-order valence-electron chi connectivity index (χ2n) is 5.74. The van der Waals surface area contributed by atoms with Gasteiger partial charge in [-0.3, -0.25) is 0 Å². The molecule has 0 heterocycles. The van der Waals surface area contributed by atoms with Crippen LogP contribution in [0.5, 0.6) is 0 Å². The second-order valence-corrected chi connectivity index (χ2v) is 5.74. The summed E-state index contributed by atoms with van der Waals surface area (Å²) in [6.45, 7) is 6.55. The van der Waals surface area contributed by atoms with Crippen molar-refractivity contribution in [2.24, 2.45) is 10.8 Å². The monoisotopic (exact) mass is 267 g/mol. The number of nitrogens with zero attached hydrogens (tertiary/aromatic N) is 1. The van der Waals surface area contributed by atoms with E-state index in [1.165, 1.54) is 5.56 Å². The van der Waals surface area contributed by atoms with E-state index in [4.69, 9.17) is 5.84 Å². The van der Waals surface area contributed by atoms with E-state index in [0.29, 0.717) is 5.84 Å². The van der Waals surface area contributed by atoms with Gasteiger partial charge in [0.05, 0.1) is 5.69 Å². The van der Waals surface area contributed by atoms with Crippen LogP contribution in [0.3, 0.4) is 0 Å². The molecule has 0 fully saturated rings. The van der Waals surface area contributed by atoms with E-state index < -0.39 is 0 Å². The molecule has 2 aromatic rings. The van der Waals surface area contributed by atoms with Gasteiger partial charge in [0.15, 0.2) is 0 Å². The Kier molecular flexibility index (Phi) is 4.20. The van der Waals surface area contributed by atoms with Crippen LogP contribution in [0.15, 0.2) is 59.6 Å². The highest BCUT2D eigenvalue weighted by molar-refractivity contribution is 6.01. The van der Waals surface area contributed by atoms with Crippen molar-refractivity contribution < 1.29 is 0 Å². The summed E-state index contributed by atoms with van der Waals surface area (Å²) in [7, 11) is 0. The van der Waals surface area contributed by atoms with E-state index >= 15 is 0 Å². The van der Waals surface area contributed by atoms with Gasteiger partial charge in [-0.1, -0.05) is 63.2 Å². The smallest absolute Gasteiger partial charge is 0.148 e. The van der Waals surface area contributed by atoms with Crippen LogP contribution >= 0.6 is 0 Å². The largest absolute Gasteiger partial charge is 0.308 e. The van der Waals surface area contributed by atoms with Gasteiger partial charge < -0.3 is 5.43 Å². The molecule has 0 aliphatic rings. The van der Waals surface area contributed by atoms with Crippen molar-refractivity contribution in [3.8, 4) is 0 Å². The molecule has 3 N–H and O–H groups in total. The Bertz CT molecular complexity index is 595. The van der Waals surface area contributed by atoms with Gasteiger partial charge in [-0.25, -0.2) is 10.8 Å². The third-order valence-electron chi connectivity index (χ3n) is 3.12. The predicted molar refractivity (Wildman–Crippen MR) is 85.1 cm³/mol. The molecule has 0 atom stereocenters. The minimum Gasteiger partial charge on any atom is -0.308 e. The predicted octanol–water partition coefficient (Wildman–Crippen LogP) is 3.53. The van der Waals surface area contributed by atoms with E-state index in [9.17, 15) is 0 Å². The number of hydrogen-bond donors (Lipinski definition) is 2. The quantitative estimate of drug-likeness (QED) is 0.378. The van der Waals surface area contributed by atoms with Crippen LogP contribution < -0.4 is 11.3 Å². The molecule has 0 spiro atoms. The summed E-state index contributed by atoms with van der Waals surface area (Å²) >= 11 is 0. The number of para-hydroxylation sites is 1. The Morgan fingerprint density at radius 2 is 1.55 bits per heavy atom. The molecule has 104 valence electrons. The van der Waals surface area contributed by atoms with Crippen molar-refractivity contribution >= 4 is 11.5 Å². The molecule has 3 heteroatoms. The zero-order valence-electron chi connectivity index (χ0n) is 12.2. The van der Waals surface area contributed by atoms with Crippen LogP contribution in [0.2, 0.25) is 0 Å². The Labute approximate surface area is 120 Å². The number of aliphatic imine (C=N–C) groups is 1. The topological polar surface area (TPSA) is 50.4 Å². The van der Waals surface area contributed by atoms with Crippen LogP contribution in [0.25, 0.3) is 0 Å². The molecular weight excluding hydrogens is 246 g/mol. The summed E-state index contributed by atoms with van der Waals surface area (Å²) in [5.74, 6) is 6.37. The van der Waals surface area contributed by atoms with E-state index in [1.807, 2.05) is 48.5 Å². The maximum Gasteiger partial charge on any atom is 0.148 e. The molecule has 0 amide bonds. The number of nitrogens with one attached hydrogen (secondary N) is 1. The first-order valence-corrected chi connectivity index (χ1v) is 6.72. The van der Waals surface area contributed by atoms with Gasteiger partial charge in [-0.2, -0.15) is 0 Å². The van der Waals surface area contributed by atoms with Crippen LogP contribution in [0.1, 0.15) is 31.9 Å². The highest BCUT2D eigenvalue weighted by Gasteiger charge is 2.19. The van der Waals surface area contributed by atoms with Gasteiger partial charge in [0.2, 0.25) is 0 Å². The molecule has 20 heavy (non-hydrogen) atoms. The fourth-order valence-electron chi connectivity index (χ4n) is 2.15. The van der Waals surface area contributed by atoms with Crippen LogP contribution in [-0.4, -0.2) is 5.84 Å². The third-order valence-corrected chi connectivity index (χ3v) is 3.12. The number of benzene rings is 2. The first kappa shape index (κ1) is 14.3. The van der Waals surface area contributed by atoms with Gasteiger partial charge in [-0.05, 0) is 23.1 Å². The Hall–Kier alpha value is -2.13. The van der Waals surface area contributed by atoms with Crippen molar-refractivity contribution in [2.75, 3.05) is 0 Å². The van der Waals surface area contributed by atoms with Gasteiger partial charge in [0.1, 0.15) is 5.84 Å². The Morgan fingerprint density at radius 1 is 0.950 bits per heavy atom. The van der Waals surface area contributed by atoms with Crippen molar-refractivity contribution in [1.29, 1.82) is 0 Å². The van der Waals surface area contributed by atoms with Gasteiger partial charge in [0.25, 0.3) is 0 Å². The highest BCUT2D eigenvalue weighted by Crippen LogP contribution is 2.26. The maximum absolute atomic E-state index is 5.68. The lowest BCUT2D eigenvalue weighted by atomic mass is 9.83. The molecule has 0 aliphatic carbocycles. The molecule has 2 rings (SSSR count). The van der Waals surface area contributed by atoms with Crippen molar-refractivity contribution in [2.45, 2.75) is 26.2 Å². The summed E-state index contributed by atoms with van der Waals surface area (Å²) in [5, 5.41) is 0. The lowest BCUT2D eigenvalue weighted by Gasteiger charge is -2.23. The summed E-state index contributed by atoms with van der Waals surface area (Å²) < 4.78 is 0. The van der Waals surface area contributed by atoms with E-state index in [0.717, 1.165) is 11.3 Å². The average Bonchev–Trinajstić information content (AvgIpc) is 2.45. The molecule has 2 aromatic carbocycles. The summed E-state index contributed by atoms with van der Waals surface area (Å²) in [4.78, 5) is 4.60. The zero-order chi connectivity index (χ0) is 14.6. The number of hydrogen-bond acceptors (Lipinski definition) is 2. The van der Waals surface area contributed by atoms with E-state index in [1.54, 1.807) is 0 Å². The number of hydrazine groups is 1. The van der Waals surface area contributed by atoms with Crippen molar-refractivity contribution in [1.82, 2.24) is 5.43 Å². The summed E-state index contributed by atoms with van der Waals surface area (Å²) in [6, 6.07) is 18.0. The second kappa shape index (κ2) is 5.88. The Balaban J connectivity index is 2.51. The molecule has 3 nitrogen and oxygen atoms in total. The summed E-state index contributed by atoms with van der Waals surface area (Å²) in [6.07, 6.45) is 0. The molecule has 0 saturated carbocycles. The van der Waals surface area contributed by atoms with E-state index in [-0.39, 0.29) is 5.41 Å². The minimum absolute atomic E-state index is 0.0326. The highest BCUT2D eigenvalue weighted by atomic mass is 15.2. The lowest BCUT2D eigenvalue weighted by Crippen LogP contribution is -2.33. The van der Waals surface area contributed by atoms with Gasteiger partial charge >= 0.3 is 0 Å². The maximum atomic E-state index is 5.68. The van der Waals surface area contributed by atoms with Gasteiger partial charge in [0, 0.05) is 5.56 Å². The normalized spacial score (nSPS) is 12.3. The summed E-state index contributed by atoms with van der Waals surface area (Å²) in [5.41, 5.74) is 5.89. The fraction of sp³-hybridized carbons (Fsp3) is 0.235. The van der Waals surface area contributed by atoms with Crippen LogP contribution in [-0.2, 0) is 5.41 Å². The number of nitrogens with two attached hydrogens (primary N) is 1. The molecule has 0 aromatic heterocycles. The first-order valence-electron chi connectivity index (χ1n) is 6.72. The lowest BCUT2D eigenvalue weighted by molar-refractivity contribution is 0.588. The van der Waals surface area contributed by atoms with Gasteiger partial charge in [-0.15, -0.1) is 0 Å². The minimum atomic E-state index is 0.0326. The Morgan fingerprint density at radius 3 is 2.15 bits per heavy atom. The standard InChI is InChI=1S/C17H21N3/c1-17(2,3)15-12-8-7-11-14(15)16(20-18)19-13-9-5-4-6-10-13/h4-12H,18H2,1-3H3,(H,19,20). The molecule has 0 aliphatic heterocycles. The average molecular weight is 267 g/mol. The third kappa shape index (κ3) is 3.25. The van der Waals surface area contributed by atoms with Crippen molar-refractivity contribution in [3.05, 3.63) is 65.7 Å². The van der Waals surface area contributed by atoms with Crippen LogP contribution in [0, 0.1) is 0 Å². The molecule has 0 unspecified atom stereocenters. The van der Waals surface area contributed by atoms with E-state index in [2.05, 4.69) is 37.3 Å². The molecular formula is C17H21N3. The molecule has 0 radical (unpaired) electrons. The van der Waals surface area contributed by atoms with Crippen molar-refractivity contribution in [3.63, 3.8) is 0 Å². The zero-order valence-corrected chi connectivity index (χ0v) is 12.2. The molecule has 0 saturated heterocycles. The number of amidine groups is 1.